The zero-order valence-corrected chi connectivity index (χ0v) is 16.6. The summed E-state index contributed by atoms with van der Waals surface area (Å²) in [5.41, 5.74) is 0.774. The molecule has 1 aromatic carbocycles. The van der Waals surface area contributed by atoms with Crippen LogP contribution in [0.4, 0.5) is 0 Å². The number of aryl methyl sites for hydroxylation is 1. The largest absolute Gasteiger partial charge is 0.456 e. The summed E-state index contributed by atoms with van der Waals surface area (Å²) in [7, 11) is 0. The Kier molecular flexibility index (Phi) is 7.03. The summed E-state index contributed by atoms with van der Waals surface area (Å²) in [5, 5.41) is 7.47. The van der Waals surface area contributed by atoms with Crippen molar-refractivity contribution in [3.8, 4) is 11.4 Å². The van der Waals surface area contributed by atoms with Gasteiger partial charge in [0.2, 0.25) is 11.7 Å². The normalized spacial score (nSPS) is 19.2. The van der Waals surface area contributed by atoms with Gasteiger partial charge in [0.15, 0.2) is 6.61 Å². The number of rotatable bonds is 7. The lowest BCUT2D eigenvalue weighted by atomic mass is 9.86. The van der Waals surface area contributed by atoms with E-state index in [0.717, 1.165) is 24.8 Å². The van der Waals surface area contributed by atoms with E-state index in [2.05, 4.69) is 22.4 Å². The quantitative estimate of drug-likeness (QED) is 0.708. The van der Waals surface area contributed by atoms with E-state index in [9.17, 15) is 9.59 Å². The van der Waals surface area contributed by atoms with Crippen LogP contribution in [-0.4, -0.2) is 34.7 Å². The predicted molar refractivity (Wildman–Crippen MR) is 104 cm³/mol. The molecule has 2 atom stereocenters. The van der Waals surface area contributed by atoms with Crippen LogP contribution in [0, 0.1) is 5.92 Å². The third-order valence-electron chi connectivity index (χ3n) is 4.94. The van der Waals surface area contributed by atoms with E-state index in [0.29, 0.717) is 22.7 Å². The molecule has 1 aromatic heterocycles. The highest BCUT2D eigenvalue weighted by Crippen LogP contribution is 2.23. The monoisotopic (exact) mass is 405 g/mol. The van der Waals surface area contributed by atoms with Crippen LogP contribution in [0.5, 0.6) is 0 Å². The fourth-order valence-electron chi connectivity index (χ4n) is 3.28. The Morgan fingerprint density at radius 1 is 1.25 bits per heavy atom. The summed E-state index contributed by atoms with van der Waals surface area (Å²) in [6, 6.07) is 7.23. The van der Waals surface area contributed by atoms with Crippen molar-refractivity contribution in [1.82, 2.24) is 15.5 Å². The van der Waals surface area contributed by atoms with Crippen LogP contribution < -0.4 is 5.32 Å². The van der Waals surface area contributed by atoms with Crippen molar-refractivity contribution in [2.45, 2.75) is 51.5 Å². The van der Waals surface area contributed by atoms with Gasteiger partial charge in [0.1, 0.15) is 0 Å². The number of nitrogens with zero attached hydrogens (tertiary/aromatic N) is 2. The first-order valence-electron chi connectivity index (χ1n) is 9.55. The third kappa shape index (κ3) is 5.79. The first-order valence-corrected chi connectivity index (χ1v) is 9.92. The average molecular weight is 406 g/mol. The molecule has 3 rings (SSSR count). The lowest BCUT2D eigenvalue weighted by Gasteiger charge is -2.29. The van der Waals surface area contributed by atoms with Crippen LogP contribution in [0.15, 0.2) is 28.8 Å². The molecule has 28 heavy (non-hydrogen) atoms. The summed E-state index contributed by atoms with van der Waals surface area (Å²) in [6.45, 7) is 1.88. The molecule has 1 aliphatic rings. The number of benzene rings is 1. The van der Waals surface area contributed by atoms with Crippen LogP contribution >= 0.6 is 11.6 Å². The Morgan fingerprint density at radius 3 is 2.75 bits per heavy atom. The molecule has 0 bridgehead atoms. The number of halogens is 1. The van der Waals surface area contributed by atoms with Crippen molar-refractivity contribution >= 4 is 23.5 Å². The van der Waals surface area contributed by atoms with Crippen LogP contribution in [0.2, 0.25) is 5.02 Å². The fourth-order valence-corrected chi connectivity index (χ4v) is 3.40. The van der Waals surface area contributed by atoms with Crippen LogP contribution in [-0.2, 0) is 20.7 Å². The van der Waals surface area contributed by atoms with Crippen molar-refractivity contribution < 1.29 is 18.8 Å². The maximum Gasteiger partial charge on any atom is 0.306 e. The van der Waals surface area contributed by atoms with Crippen LogP contribution in [0.25, 0.3) is 11.4 Å². The molecule has 0 radical (unpaired) electrons. The molecule has 0 spiro atoms. The Morgan fingerprint density at radius 2 is 2.00 bits per heavy atom. The molecule has 1 amide bonds. The molecule has 1 aliphatic carbocycles. The van der Waals surface area contributed by atoms with Gasteiger partial charge in [0, 0.05) is 23.0 Å². The smallest absolute Gasteiger partial charge is 0.306 e. The third-order valence-corrected chi connectivity index (χ3v) is 5.19. The van der Waals surface area contributed by atoms with E-state index in [4.69, 9.17) is 20.9 Å². The Labute approximate surface area is 168 Å². The van der Waals surface area contributed by atoms with Gasteiger partial charge in [-0.25, -0.2) is 0 Å². The predicted octanol–water partition coefficient (Wildman–Crippen LogP) is 3.56. The summed E-state index contributed by atoms with van der Waals surface area (Å²) < 4.78 is 10.2. The van der Waals surface area contributed by atoms with Crippen molar-refractivity contribution in [1.29, 1.82) is 0 Å². The topological polar surface area (TPSA) is 94.3 Å². The fraction of sp³-hybridized carbons (Fsp3) is 0.500. The number of hydrogen-bond donors (Lipinski definition) is 1. The van der Waals surface area contributed by atoms with E-state index in [1.807, 2.05) is 0 Å². The number of ether oxygens (including phenoxy) is 1. The van der Waals surface area contributed by atoms with Gasteiger partial charge in [-0.05, 0) is 43.0 Å². The minimum atomic E-state index is -0.474. The van der Waals surface area contributed by atoms with Crippen LogP contribution in [0.3, 0.4) is 0 Å². The number of amides is 1. The number of carbonyl (C=O) groups is 2. The molecule has 2 unspecified atom stereocenters. The molecule has 1 N–H and O–H groups in total. The Balaban J connectivity index is 1.39. The van der Waals surface area contributed by atoms with Crippen molar-refractivity contribution in [3.05, 3.63) is 35.2 Å². The lowest BCUT2D eigenvalue weighted by Crippen LogP contribution is -2.42. The second kappa shape index (κ2) is 9.68. The van der Waals surface area contributed by atoms with E-state index in [1.54, 1.807) is 24.3 Å². The van der Waals surface area contributed by atoms with Gasteiger partial charge in [-0.3, -0.25) is 9.59 Å². The van der Waals surface area contributed by atoms with Gasteiger partial charge in [-0.15, -0.1) is 0 Å². The molecule has 1 heterocycles. The minimum absolute atomic E-state index is 0.0648. The van der Waals surface area contributed by atoms with Gasteiger partial charge in [0.05, 0.1) is 6.42 Å². The maximum atomic E-state index is 12.0. The zero-order chi connectivity index (χ0) is 19.9. The molecule has 0 saturated heterocycles. The summed E-state index contributed by atoms with van der Waals surface area (Å²) in [6.07, 6.45) is 4.74. The second-order valence-electron chi connectivity index (χ2n) is 7.12. The average Bonchev–Trinajstić information content (AvgIpc) is 3.16. The molecule has 2 aromatic rings. The number of nitrogens with one attached hydrogen (secondary N) is 1. The summed E-state index contributed by atoms with van der Waals surface area (Å²) >= 11 is 5.86. The highest BCUT2D eigenvalue weighted by molar-refractivity contribution is 6.30. The van der Waals surface area contributed by atoms with Gasteiger partial charge in [-0.2, -0.15) is 4.98 Å². The molecular formula is C20H24ClN3O4. The van der Waals surface area contributed by atoms with E-state index < -0.39 is 5.97 Å². The molecule has 1 saturated carbocycles. The SMILES string of the molecule is CC1CCCCC1NC(=O)COC(=O)CCc1nc(-c2ccc(Cl)cc2)no1. The highest BCUT2D eigenvalue weighted by Gasteiger charge is 2.23. The highest BCUT2D eigenvalue weighted by atomic mass is 35.5. The molecule has 8 heteroatoms. The standard InChI is InChI=1S/C20H24ClN3O4/c1-13-4-2-3-5-16(13)22-17(25)12-27-19(26)11-10-18-23-20(24-28-18)14-6-8-15(21)9-7-14/h6-9,13,16H,2-5,10-12H2,1H3,(H,22,25). The zero-order valence-electron chi connectivity index (χ0n) is 15.8. The van der Waals surface area contributed by atoms with Crippen molar-refractivity contribution in [3.63, 3.8) is 0 Å². The van der Waals surface area contributed by atoms with Crippen LogP contribution in [0.1, 0.15) is 44.9 Å². The van der Waals surface area contributed by atoms with E-state index in [-0.39, 0.29) is 31.4 Å². The molecule has 7 nitrogen and oxygen atoms in total. The number of aromatic nitrogens is 2. The van der Waals surface area contributed by atoms with Crippen molar-refractivity contribution in [2.24, 2.45) is 5.92 Å². The van der Waals surface area contributed by atoms with Gasteiger partial charge in [-0.1, -0.05) is 36.5 Å². The van der Waals surface area contributed by atoms with Gasteiger partial charge in [0.25, 0.3) is 5.91 Å². The van der Waals surface area contributed by atoms with Gasteiger partial charge < -0.3 is 14.6 Å². The molecule has 1 fully saturated rings. The molecule has 0 aliphatic heterocycles. The van der Waals surface area contributed by atoms with E-state index in [1.165, 1.54) is 6.42 Å². The molecule has 150 valence electrons. The van der Waals surface area contributed by atoms with Gasteiger partial charge >= 0.3 is 5.97 Å². The number of carbonyl (C=O) groups excluding carboxylic acids is 2. The molecular weight excluding hydrogens is 382 g/mol. The summed E-state index contributed by atoms with van der Waals surface area (Å²) in [5.74, 6) is 0.497. The summed E-state index contributed by atoms with van der Waals surface area (Å²) in [4.78, 5) is 28.1. The van der Waals surface area contributed by atoms with Crippen molar-refractivity contribution in [2.75, 3.05) is 6.61 Å². The minimum Gasteiger partial charge on any atom is -0.456 e. The lowest BCUT2D eigenvalue weighted by molar-refractivity contribution is -0.148. The first-order chi connectivity index (χ1) is 13.5. The first kappa shape index (κ1) is 20.3. The Hall–Kier alpha value is -2.41. The maximum absolute atomic E-state index is 12.0. The number of esters is 1. The number of hydrogen-bond acceptors (Lipinski definition) is 6. The van der Waals surface area contributed by atoms with E-state index >= 15 is 0 Å². The Bertz CT molecular complexity index is 806. The second-order valence-corrected chi connectivity index (χ2v) is 7.55.